The first-order valence-corrected chi connectivity index (χ1v) is 12.5. The average Bonchev–Trinajstić information content (AvgIpc) is 3.04. The van der Waals surface area contributed by atoms with Gasteiger partial charge in [0.05, 0.1) is 12.3 Å². The predicted octanol–water partition coefficient (Wildman–Crippen LogP) is 4.64. The Morgan fingerprint density at radius 1 is 1.12 bits per heavy atom. The number of esters is 1. The molecule has 0 aliphatic carbocycles. The predicted molar refractivity (Wildman–Crippen MR) is 131 cm³/mol. The minimum atomic E-state index is -0.573. The van der Waals surface area contributed by atoms with Gasteiger partial charge in [0.25, 0.3) is 0 Å². The van der Waals surface area contributed by atoms with Crippen molar-refractivity contribution in [1.29, 1.82) is 0 Å². The summed E-state index contributed by atoms with van der Waals surface area (Å²) in [5, 5.41) is 1.86. The number of likely N-dealkylation sites (tertiary alicyclic amines) is 1. The Morgan fingerprint density at radius 3 is 2.55 bits per heavy atom. The van der Waals surface area contributed by atoms with Crippen molar-refractivity contribution >= 4 is 34.4 Å². The number of fused-ring (bicyclic) bond motifs is 3. The van der Waals surface area contributed by atoms with Crippen LogP contribution in [-0.2, 0) is 33.8 Å². The molecule has 1 atom stereocenters. The summed E-state index contributed by atoms with van der Waals surface area (Å²) in [6.07, 6.45) is 4.21. The molecule has 180 valence electrons. The van der Waals surface area contributed by atoms with E-state index in [0.29, 0.717) is 11.6 Å². The molecule has 7 heteroatoms. The Labute approximate surface area is 201 Å². The summed E-state index contributed by atoms with van der Waals surface area (Å²) < 4.78 is 7.88. The summed E-state index contributed by atoms with van der Waals surface area (Å²) >= 11 is 6.35. The van der Waals surface area contributed by atoms with Crippen molar-refractivity contribution in [2.45, 2.75) is 71.6 Å². The molecule has 33 heavy (non-hydrogen) atoms. The molecule has 1 fully saturated rings. The molecule has 0 radical (unpaired) electrons. The molecular weight excluding hydrogens is 438 g/mol. The standard InChI is InChI=1S/C26H36ClN3O3/c1-26(2,3)33-24(31)14-18(25(32)29-11-6-5-7-12-29)16-30-22-9-8-19(27)15-20(22)21-17-28(4)13-10-23(21)30/h8-9,15,18H,5-7,10-14,16-17H2,1-4H3. The minimum absolute atomic E-state index is 0.0676. The number of halogens is 1. The van der Waals surface area contributed by atoms with E-state index >= 15 is 0 Å². The average molecular weight is 474 g/mol. The van der Waals surface area contributed by atoms with Crippen LogP contribution >= 0.6 is 11.6 Å². The van der Waals surface area contributed by atoms with Crippen molar-refractivity contribution in [3.63, 3.8) is 0 Å². The van der Waals surface area contributed by atoms with E-state index < -0.39 is 11.5 Å². The second kappa shape index (κ2) is 9.67. The number of hydrogen-bond acceptors (Lipinski definition) is 4. The SMILES string of the molecule is CN1CCc2c(c3cc(Cl)ccc3n2CC(CC(=O)OC(C)(C)C)C(=O)N2CCCCC2)C1. The first-order valence-electron chi connectivity index (χ1n) is 12.1. The molecule has 2 aromatic rings. The van der Waals surface area contributed by atoms with Crippen molar-refractivity contribution in [3.8, 4) is 0 Å². The topological polar surface area (TPSA) is 54.8 Å². The van der Waals surface area contributed by atoms with Gasteiger partial charge in [-0.15, -0.1) is 0 Å². The highest BCUT2D eigenvalue weighted by Gasteiger charge is 2.32. The highest BCUT2D eigenvalue weighted by atomic mass is 35.5. The Bertz CT molecular complexity index is 1030. The summed E-state index contributed by atoms with van der Waals surface area (Å²) in [5.41, 5.74) is 3.05. The minimum Gasteiger partial charge on any atom is -0.460 e. The van der Waals surface area contributed by atoms with Gasteiger partial charge in [-0.2, -0.15) is 0 Å². The summed E-state index contributed by atoms with van der Waals surface area (Å²) in [6, 6.07) is 5.98. The smallest absolute Gasteiger partial charge is 0.307 e. The van der Waals surface area contributed by atoms with Crippen LogP contribution in [0.5, 0.6) is 0 Å². The number of aromatic nitrogens is 1. The lowest BCUT2D eigenvalue weighted by molar-refractivity contribution is -0.158. The van der Waals surface area contributed by atoms with Gasteiger partial charge in [0.2, 0.25) is 5.91 Å². The van der Waals surface area contributed by atoms with Crippen LogP contribution in [-0.4, -0.2) is 58.5 Å². The van der Waals surface area contributed by atoms with E-state index in [2.05, 4.69) is 16.5 Å². The van der Waals surface area contributed by atoms with E-state index in [4.69, 9.17) is 16.3 Å². The van der Waals surface area contributed by atoms with Crippen LogP contribution < -0.4 is 0 Å². The molecule has 0 N–H and O–H groups in total. The monoisotopic (exact) mass is 473 g/mol. The molecule has 6 nitrogen and oxygen atoms in total. The van der Waals surface area contributed by atoms with Gasteiger partial charge in [-0.1, -0.05) is 11.6 Å². The van der Waals surface area contributed by atoms with Crippen LogP contribution in [0.25, 0.3) is 10.9 Å². The van der Waals surface area contributed by atoms with Crippen molar-refractivity contribution < 1.29 is 14.3 Å². The second-order valence-electron chi connectivity index (χ2n) is 10.6. The zero-order valence-electron chi connectivity index (χ0n) is 20.3. The zero-order valence-corrected chi connectivity index (χ0v) is 21.1. The summed E-state index contributed by atoms with van der Waals surface area (Å²) in [7, 11) is 2.13. The van der Waals surface area contributed by atoms with E-state index in [1.54, 1.807) is 0 Å². The number of carbonyl (C=O) groups excluding carboxylic acids is 2. The van der Waals surface area contributed by atoms with Gasteiger partial charge in [0.15, 0.2) is 0 Å². The quantitative estimate of drug-likeness (QED) is 0.593. The van der Waals surface area contributed by atoms with E-state index in [9.17, 15) is 9.59 Å². The van der Waals surface area contributed by atoms with Crippen molar-refractivity contribution in [1.82, 2.24) is 14.4 Å². The van der Waals surface area contributed by atoms with E-state index in [1.807, 2.05) is 43.9 Å². The fourth-order valence-corrected chi connectivity index (χ4v) is 5.34. The highest BCUT2D eigenvalue weighted by molar-refractivity contribution is 6.31. The maximum Gasteiger partial charge on any atom is 0.307 e. The number of likely N-dealkylation sites (N-methyl/N-ethyl adjacent to an activating group) is 1. The lowest BCUT2D eigenvalue weighted by atomic mass is 10.0. The van der Waals surface area contributed by atoms with Gasteiger partial charge in [-0.05, 0) is 70.8 Å². The van der Waals surface area contributed by atoms with Crippen molar-refractivity contribution in [3.05, 3.63) is 34.5 Å². The Kier molecular flexibility index (Phi) is 7.06. The van der Waals surface area contributed by atoms with Crippen LogP contribution in [0.4, 0.5) is 0 Å². The van der Waals surface area contributed by atoms with Crippen molar-refractivity contribution in [2.75, 3.05) is 26.7 Å². The molecular formula is C26H36ClN3O3. The highest BCUT2D eigenvalue weighted by Crippen LogP contribution is 2.34. The van der Waals surface area contributed by atoms with Crippen LogP contribution in [0.15, 0.2) is 18.2 Å². The number of carbonyl (C=O) groups is 2. The van der Waals surface area contributed by atoms with Crippen LogP contribution in [0.3, 0.4) is 0 Å². The fraction of sp³-hybridized carbons (Fsp3) is 0.615. The molecule has 2 aliphatic heterocycles. The lowest BCUT2D eigenvalue weighted by Gasteiger charge is -2.31. The number of amides is 1. The number of nitrogens with zero attached hydrogens (tertiary/aromatic N) is 3. The molecule has 0 saturated carbocycles. The van der Waals surface area contributed by atoms with Gasteiger partial charge in [-0.25, -0.2) is 0 Å². The molecule has 1 unspecified atom stereocenters. The van der Waals surface area contributed by atoms with Gasteiger partial charge in [0.1, 0.15) is 5.60 Å². The lowest BCUT2D eigenvalue weighted by Crippen LogP contribution is -2.42. The third-order valence-corrected chi connectivity index (χ3v) is 6.90. The van der Waals surface area contributed by atoms with Crippen molar-refractivity contribution in [2.24, 2.45) is 5.92 Å². The molecule has 1 aromatic carbocycles. The van der Waals surface area contributed by atoms with E-state index in [1.165, 1.54) is 11.3 Å². The molecule has 1 saturated heterocycles. The summed E-state index contributed by atoms with van der Waals surface area (Å²) in [6.45, 7) is 9.44. The third-order valence-electron chi connectivity index (χ3n) is 6.66. The summed E-state index contributed by atoms with van der Waals surface area (Å²) in [5.74, 6) is -0.697. The maximum absolute atomic E-state index is 13.6. The number of hydrogen-bond donors (Lipinski definition) is 0. The molecule has 3 heterocycles. The molecule has 1 aromatic heterocycles. The molecule has 0 bridgehead atoms. The Hall–Kier alpha value is -2.05. The van der Waals surface area contributed by atoms with Crippen LogP contribution in [0.1, 0.15) is 57.7 Å². The Balaban J connectivity index is 1.69. The van der Waals surface area contributed by atoms with Gasteiger partial charge >= 0.3 is 5.97 Å². The molecule has 0 spiro atoms. The zero-order chi connectivity index (χ0) is 23.8. The van der Waals surface area contributed by atoms with E-state index in [-0.39, 0.29) is 18.3 Å². The fourth-order valence-electron chi connectivity index (χ4n) is 5.17. The van der Waals surface area contributed by atoms with E-state index in [0.717, 1.165) is 62.8 Å². The number of rotatable bonds is 5. The van der Waals surface area contributed by atoms with Gasteiger partial charge in [0, 0.05) is 60.8 Å². The summed E-state index contributed by atoms with van der Waals surface area (Å²) in [4.78, 5) is 30.7. The number of benzene rings is 1. The third kappa shape index (κ3) is 5.55. The van der Waals surface area contributed by atoms with Gasteiger partial charge in [-0.3, -0.25) is 9.59 Å². The molecule has 4 rings (SSSR count). The number of ether oxygens (including phenoxy) is 1. The first kappa shape index (κ1) is 24.1. The van der Waals surface area contributed by atoms with Crippen LogP contribution in [0.2, 0.25) is 5.02 Å². The first-order chi connectivity index (χ1) is 15.6. The van der Waals surface area contributed by atoms with Crippen LogP contribution in [0, 0.1) is 5.92 Å². The molecule has 1 amide bonds. The largest absolute Gasteiger partial charge is 0.460 e. The second-order valence-corrected chi connectivity index (χ2v) is 11.0. The number of piperidine rings is 1. The maximum atomic E-state index is 13.6. The normalized spacial score (nSPS) is 18.3. The van der Waals surface area contributed by atoms with Gasteiger partial charge < -0.3 is 19.1 Å². The molecule has 2 aliphatic rings. The Morgan fingerprint density at radius 2 is 1.85 bits per heavy atom.